The van der Waals surface area contributed by atoms with Crippen LogP contribution < -0.4 is 0 Å². The molecule has 4 heteroatoms. The molecule has 0 heterocycles. The van der Waals surface area contributed by atoms with E-state index >= 15 is 0 Å². The molecule has 0 aromatic heterocycles. The largest absolute Gasteiger partial charge is 0.454 e. The predicted molar refractivity (Wildman–Crippen MR) is 104 cm³/mol. The summed E-state index contributed by atoms with van der Waals surface area (Å²) < 4.78 is 6.06. The first-order valence-electron chi connectivity index (χ1n) is 8.28. The Labute approximate surface area is 156 Å². The van der Waals surface area contributed by atoms with Gasteiger partial charge in [0, 0.05) is 16.1 Å². The molecule has 0 bridgehead atoms. The molecule has 0 unspecified atom stereocenters. The van der Waals surface area contributed by atoms with E-state index in [1.807, 2.05) is 56.3 Å². The van der Waals surface area contributed by atoms with Gasteiger partial charge in [-0.25, -0.2) is 4.79 Å². The Morgan fingerprint density at radius 3 is 2.40 bits per heavy atom. The number of carbonyl (C=O) groups excluding carboxylic acids is 2. The first kappa shape index (κ1) is 19.1. The Bertz CT molecular complexity index is 776. The Hall–Kier alpha value is -2.20. The van der Waals surface area contributed by atoms with E-state index in [2.05, 4.69) is 15.9 Å². The van der Waals surface area contributed by atoms with Gasteiger partial charge in [-0.15, -0.1) is 0 Å². The van der Waals surface area contributed by atoms with Crippen molar-refractivity contribution in [3.8, 4) is 0 Å². The molecule has 2 aromatic carbocycles. The maximum absolute atomic E-state index is 12.4. The Morgan fingerprint density at radius 2 is 1.76 bits per heavy atom. The highest BCUT2D eigenvalue weighted by Gasteiger charge is 2.13. The van der Waals surface area contributed by atoms with Gasteiger partial charge in [0.25, 0.3) is 0 Å². The molecular weight excluding hydrogens is 380 g/mol. The van der Waals surface area contributed by atoms with Crippen molar-refractivity contribution in [3.05, 3.63) is 75.3 Å². The summed E-state index contributed by atoms with van der Waals surface area (Å²) in [6.07, 6.45) is 4.62. The zero-order chi connectivity index (χ0) is 18.2. The number of hydrogen-bond donors (Lipinski definition) is 0. The molecule has 0 saturated carbocycles. The van der Waals surface area contributed by atoms with E-state index in [1.165, 1.54) is 6.08 Å². The van der Waals surface area contributed by atoms with Crippen molar-refractivity contribution >= 4 is 33.8 Å². The van der Waals surface area contributed by atoms with Gasteiger partial charge in [-0.2, -0.15) is 0 Å². The molecule has 0 N–H and O–H groups in total. The van der Waals surface area contributed by atoms with Gasteiger partial charge in [0.05, 0.1) is 0 Å². The van der Waals surface area contributed by atoms with Gasteiger partial charge in [0.2, 0.25) is 5.78 Å². The number of ether oxygens (including phenoxy) is 1. The molecule has 25 heavy (non-hydrogen) atoms. The number of ketones is 1. The lowest BCUT2D eigenvalue weighted by molar-refractivity contribution is -0.136. The van der Waals surface area contributed by atoms with Crippen LogP contribution in [-0.2, 0) is 22.4 Å². The van der Waals surface area contributed by atoms with Gasteiger partial charge in [-0.3, -0.25) is 4.79 Å². The summed E-state index contributed by atoms with van der Waals surface area (Å²) >= 11 is 3.36. The molecule has 0 amide bonds. The predicted octanol–water partition coefficient (Wildman–Crippen LogP) is 5.01. The monoisotopic (exact) mass is 400 g/mol. The van der Waals surface area contributed by atoms with Gasteiger partial charge in [-0.1, -0.05) is 54.0 Å². The zero-order valence-electron chi connectivity index (χ0n) is 14.4. The van der Waals surface area contributed by atoms with E-state index in [0.29, 0.717) is 5.56 Å². The molecule has 0 spiro atoms. The smallest absolute Gasteiger partial charge is 0.331 e. The average Bonchev–Trinajstić information content (AvgIpc) is 2.65. The van der Waals surface area contributed by atoms with Gasteiger partial charge in [-0.05, 0) is 53.8 Å². The first-order chi connectivity index (χ1) is 12.0. The van der Waals surface area contributed by atoms with E-state index in [-0.39, 0.29) is 12.4 Å². The summed E-state index contributed by atoms with van der Waals surface area (Å²) in [7, 11) is 0. The molecule has 0 aliphatic rings. The zero-order valence-corrected chi connectivity index (χ0v) is 16.0. The molecule has 0 aliphatic carbocycles. The summed E-state index contributed by atoms with van der Waals surface area (Å²) in [5, 5.41) is 0. The second kappa shape index (κ2) is 9.33. The number of esters is 1. The van der Waals surface area contributed by atoms with E-state index < -0.39 is 5.97 Å². The standard InChI is InChI=1S/C21H21BrO3/c1-3-15-5-9-17(4-2)19(13-15)20(23)14-25-21(24)12-8-16-6-10-18(22)11-7-16/h5-13H,3-4,14H2,1-2H3/b12-8+. The van der Waals surface area contributed by atoms with Crippen LogP contribution in [0.1, 0.15) is 40.9 Å². The van der Waals surface area contributed by atoms with Gasteiger partial charge in [0.1, 0.15) is 0 Å². The van der Waals surface area contributed by atoms with Crippen molar-refractivity contribution in [2.45, 2.75) is 26.7 Å². The highest BCUT2D eigenvalue weighted by molar-refractivity contribution is 9.10. The first-order valence-corrected chi connectivity index (χ1v) is 9.08. The quantitative estimate of drug-likeness (QED) is 0.372. The van der Waals surface area contributed by atoms with Crippen LogP contribution in [0.25, 0.3) is 6.08 Å². The minimum atomic E-state index is -0.527. The van der Waals surface area contributed by atoms with Gasteiger partial charge < -0.3 is 4.74 Å². The maximum atomic E-state index is 12.4. The highest BCUT2D eigenvalue weighted by atomic mass is 79.9. The van der Waals surface area contributed by atoms with Crippen LogP contribution in [0.5, 0.6) is 0 Å². The fourth-order valence-electron chi connectivity index (χ4n) is 2.41. The number of rotatable bonds is 7. The molecule has 0 saturated heterocycles. The molecular formula is C21H21BrO3. The van der Waals surface area contributed by atoms with Gasteiger partial charge in [0.15, 0.2) is 6.61 Å². The number of Topliss-reactive ketones (excluding diaryl/α,β-unsaturated/α-hetero) is 1. The molecule has 0 aliphatic heterocycles. The number of carbonyl (C=O) groups is 2. The van der Waals surface area contributed by atoms with Crippen LogP contribution >= 0.6 is 15.9 Å². The summed E-state index contributed by atoms with van der Waals surface area (Å²) in [6, 6.07) is 13.4. The summed E-state index contributed by atoms with van der Waals surface area (Å²) in [5.74, 6) is -0.696. The van der Waals surface area contributed by atoms with Crippen molar-refractivity contribution in [1.29, 1.82) is 0 Å². The lowest BCUT2D eigenvalue weighted by atomic mass is 9.98. The fourth-order valence-corrected chi connectivity index (χ4v) is 2.68. The fraction of sp³-hybridized carbons (Fsp3) is 0.238. The Kier molecular flexibility index (Phi) is 7.14. The molecule has 130 valence electrons. The molecule has 3 nitrogen and oxygen atoms in total. The van der Waals surface area contributed by atoms with Crippen molar-refractivity contribution in [2.24, 2.45) is 0 Å². The topological polar surface area (TPSA) is 43.4 Å². The van der Waals surface area contributed by atoms with Crippen LogP contribution in [0.2, 0.25) is 0 Å². The Morgan fingerprint density at radius 1 is 1.04 bits per heavy atom. The SMILES string of the molecule is CCc1ccc(CC)c(C(=O)COC(=O)/C=C/c2ccc(Br)cc2)c1. The van der Waals surface area contributed by atoms with Crippen LogP contribution in [0.4, 0.5) is 0 Å². The van der Waals surface area contributed by atoms with E-state index in [0.717, 1.165) is 34.0 Å². The number of benzene rings is 2. The van der Waals surface area contributed by atoms with E-state index in [4.69, 9.17) is 4.74 Å². The van der Waals surface area contributed by atoms with Crippen LogP contribution in [-0.4, -0.2) is 18.4 Å². The summed E-state index contributed by atoms with van der Waals surface area (Å²) in [6.45, 7) is 3.80. The Balaban J connectivity index is 1.97. The van der Waals surface area contributed by atoms with E-state index in [9.17, 15) is 9.59 Å². The lowest BCUT2D eigenvalue weighted by Gasteiger charge is -2.09. The maximum Gasteiger partial charge on any atom is 0.331 e. The molecule has 0 radical (unpaired) electrons. The van der Waals surface area contributed by atoms with Crippen LogP contribution in [0.15, 0.2) is 53.0 Å². The van der Waals surface area contributed by atoms with E-state index in [1.54, 1.807) is 6.08 Å². The highest BCUT2D eigenvalue weighted by Crippen LogP contribution is 2.15. The number of aryl methyl sites for hydroxylation is 2. The number of halogens is 1. The molecule has 0 atom stereocenters. The minimum Gasteiger partial charge on any atom is -0.454 e. The summed E-state index contributed by atoms with van der Waals surface area (Å²) in [4.78, 5) is 24.2. The minimum absolute atomic E-state index is 0.169. The third-order valence-corrected chi connectivity index (χ3v) is 4.42. The average molecular weight is 401 g/mol. The second-order valence-corrected chi connectivity index (χ2v) is 6.53. The van der Waals surface area contributed by atoms with Crippen molar-refractivity contribution < 1.29 is 14.3 Å². The second-order valence-electron chi connectivity index (χ2n) is 5.61. The normalized spacial score (nSPS) is 10.8. The molecule has 2 rings (SSSR count). The third kappa shape index (κ3) is 5.68. The molecule has 2 aromatic rings. The van der Waals surface area contributed by atoms with Gasteiger partial charge >= 0.3 is 5.97 Å². The summed E-state index contributed by atoms with van der Waals surface area (Å²) in [5.41, 5.74) is 3.60. The van der Waals surface area contributed by atoms with Crippen molar-refractivity contribution in [2.75, 3.05) is 6.61 Å². The van der Waals surface area contributed by atoms with Crippen LogP contribution in [0, 0.1) is 0 Å². The molecule has 0 fully saturated rings. The lowest BCUT2D eigenvalue weighted by Crippen LogP contribution is -2.14. The van der Waals surface area contributed by atoms with Crippen molar-refractivity contribution in [1.82, 2.24) is 0 Å². The third-order valence-electron chi connectivity index (χ3n) is 3.89. The number of hydrogen-bond acceptors (Lipinski definition) is 3. The van der Waals surface area contributed by atoms with Crippen molar-refractivity contribution in [3.63, 3.8) is 0 Å². The van der Waals surface area contributed by atoms with Crippen LogP contribution in [0.3, 0.4) is 0 Å².